The van der Waals surface area contributed by atoms with Gasteiger partial charge in [0.05, 0.1) is 35.0 Å². The number of pyridine rings is 1. The molecule has 0 bridgehead atoms. The van der Waals surface area contributed by atoms with Crippen LogP contribution in [0.2, 0.25) is 0 Å². The highest BCUT2D eigenvalue weighted by atomic mass is 16.5. The topological polar surface area (TPSA) is 144 Å². The van der Waals surface area contributed by atoms with Gasteiger partial charge in [0.2, 0.25) is 5.91 Å². The maximum absolute atomic E-state index is 12.2. The number of carbonyl (C=O) groups excluding carboxylic acids is 1. The minimum atomic E-state index is -0.236. The Morgan fingerprint density at radius 2 is 1.92 bits per heavy atom. The second-order valence-electron chi connectivity index (χ2n) is 8.80. The van der Waals surface area contributed by atoms with E-state index in [0.29, 0.717) is 36.7 Å². The summed E-state index contributed by atoms with van der Waals surface area (Å²) in [5.41, 5.74) is 9.92. The van der Waals surface area contributed by atoms with Crippen molar-refractivity contribution < 1.29 is 9.53 Å². The Hall–Kier alpha value is -4.34. The molecule has 2 aromatic carbocycles. The zero-order valence-corrected chi connectivity index (χ0v) is 19.9. The van der Waals surface area contributed by atoms with Crippen LogP contribution in [0.5, 0.6) is 5.75 Å². The van der Waals surface area contributed by atoms with Crippen LogP contribution in [0.15, 0.2) is 53.6 Å². The highest BCUT2D eigenvalue weighted by Gasteiger charge is 2.12. The predicted octanol–water partition coefficient (Wildman–Crippen LogP) is 3.48. The third-order valence-corrected chi connectivity index (χ3v) is 6.18. The van der Waals surface area contributed by atoms with Crippen molar-refractivity contribution in [2.45, 2.75) is 38.6 Å². The third kappa shape index (κ3) is 5.17. The van der Waals surface area contributed by atoms with E-state index in [4.69, 9.17) is 10.5 Å². The van der Waals surface area contributed by atoms with E-state index in [2.05, 4.69) is 29.8 Å². The molecule has 3 aromatic heterocycles. The van der Waals surface area contributed by atoms with Crippen LogP contribution in [-0.4, -0.2) is 43.6 Å². The number of anilines is 1. The van der Waals surface area contributed by atoms with Gasteiger partial charge in [-0.3, -0.25) is 4.79 Å². The molecule has 1 amide bonds. The van der Waals surface area contributed by atoms with E-state index in [-0.39, 0.29) is 11.6 Å². The molecule has 0 saturated carbocycles. The number of hydrogen-bond acceptors (Lipinski definition) is 6. The Balaban J connectivity index is 1.00. The molecule has 0 fully saturated rings. The summed E-state index contributed by atoms with van der Waals surface area (Å²) in [6.07, 6.45) is 5.58. The van der Waals surface area contributed by atoms with Crippen LogP contribution in [0, 0.1) is 0 Å². The van der Waals surface area contributed by atoms with Crippen molar-refractivity contribution >= 4 is 44.7 Å². The number of aromatic nitrogens is 5. The lowest BCUT2D eigenvalue weighted by molar-refractivity contribution is -0.121. The number of benzene rings is 2. The van der Waals surface area contributed by atoms with Gasteiger partial charge in [0.15, 0.2) is 5.82 Å². The quantitative estimate of drug-likeness (QED) is 0.210. The van der Waals surface area contributed by atoms with Gasteiger partial charge in [0.1, 0.15) is 11.3 Å². The van der Waals surface area contributed by atoms with Crippen LogP contribution in [0.1, 0.15) is 32.1 Å². The van der Waals surface area contributed by atoms with E-state index in [9.17, 15) is 9.59 Å². The van der Waals surface area contributed by atoms with Crippen LogP contribution in [-0.2, 0) is 11.3 Å². The van der Waals surface area contributed by atoms with Crippen LogP contribution in [0.25, 0.3) is 33.0 Å². The highest BCUT2D eigenvalue weighted by Crippen LogP contribution is 2.27. The van der Waals surface area contributed by atoms with Gasteiger partial charge in [-0.15, -0.1) is 0 Å². The molecular weight excluding hydrogens is 458 g/mol. The molecule has 0 aliphatic carbocycles. The number of ether oxygens (including phenoxy) is 1. The van der Waals surface area contributed by atoms with Gasteiger partial charge in [-0.2, -0.15) is 0 Å². The number of nitrogen functional groups attached to an aromatic ring is 1. The number of hydrogen-bond donors (Lipinski definition) is 4. The predicted molar refractivity (Wildman–Crippen MR) is 140 cm³/mol. The number of imidazole rings is 2. The largest absolute Gasteiger partial charge is 0.494 e. The van der Waals surface area contributed by atoms with Gasteiger partial charge in [0.25, 0.3) is 0 Å². The van der Waals surface area contributed by atoms with Gasteiger partial charge < -0.3 is 30.3 Å². The molecule has 0 atom stereocenters. The standard InChI is InChI=1S/C26H29N7O3/c27-25-23-24(18-7-1-2-8-19(18)30-25)33(16-29-23)13-5-4-12-28-22(34)9-3-6-14-36-17-10-11-20-21(15-17)32-26(35)31-20/h1-2,7-8,10-11,15-16H,3-6,9,12-14H2,(H2,27,30)(H,28,34)(H2,31,32,35). The molecule has 186 valence electrons. The molecular formula is C26H29N7O3. The van der Waals surface area contributed by atoms with Crippen molar-refractivity contribution in [2.75, 3.05) is 18.9 Å². The Bertz CT molecular complexity index is 1570. The number of H-pyrrole nitrogens is 2. The van der Waals surface area contributed by atoms with Crippen molar-refractivity contribution in [1.29, 1.82) is 0 Å². The molecule has 5 N–H and O–H groups in total. The second-order valence-corrected chi connectivity index (χ2v) is 8.80. The molecule has 3 heterocycles. The summed E-state index contributed by atoms with van der Waals surface area (Å²) < 4.78 is 7.85. The number of fused-ring (bicyclic) bond motifs is 4. The average molecular weight is 488 g/mol. The Morgan fingerprint density at radius 1 is 1.06 bits per heavy atom. The number of nitrogens with zero attached hydrogens (tertiary/aromatic N) is 3. The number of unbranched alkanes of at least 4 members (excludes halogenated alkanes) is 2. The maximum atomic E-state index is 12.2. The summed E-state index contributed by atoms with van der Waals surface area (Å²) in [6, 6.07) is 13.3. The van der Waals surface area contributed by atoms with Crippen molar-refractivity contribution in [3.05, 3.63) is 59.3 Å². The summed E-state index contributed by atoms with van der Waals surface area (Å²) in [5, 5.41) is 4.04. The van der Waals surface area contributed by atoms with Crippen molar-refractivity contribution in [3.8, 4) is 5.75 Å². The average Bonchev–Trinajstić information content (AvgIpc) is 3.46. The molecule has 10 heteroatoms. The summed E-state index contributed by atoms with van der Waals surface area (Å²) in [5.74, 6) is 1.19. The molecule has 0 aliphatic heterocycles. The first-order valence-corrected chi connectivity index (χ1v) is 12.2. The molecule has 36 heavy (non-hydrogen) atoms. The van der Waals surface area contributed by atoms with Gasteiger partial charge in [0, 0.05) is 31.0 Å². The van der Waals surface area contributed by atoms with Gasteiger partial charge >= 0.3 is 5.69 Å². The number of aryl methyl sites for hydroxylation is 1. The third-order valence-electron chi connectivity index (χ3n) is 6.18. The zero-order valence-electron chi connectivity index (χ0n) is 19.9. The zero-order chi connectivity index (χ0) is 24.9. The number of nitrogens with one attached hydrogen (secondary N) is 3. The van der Waals surface area contributed by atoms with E-state index < -0.39 is 0 Å². The summed E-state index contributed by atoms with van der Waals surface area (Å²) in [4.78, 5) is 37.8. The Labute approximate surface area is 206 Å². The molecule has 5 rings (SSSR count). The number of nitrogens with two attached hydrogens (primary N) is 1. The number of para-hydroxylation sites is 1. The SMILES string of the molecule is Nc1nc2ccccc2c2c1ncn2CCCCNC(=O)CCCCOc1ccc2[nH]c(=O)[nH]c2c1. The number of aromatic amines is 2. The van der Waals surface area contributed by atoms with Crippen molar-refractivity contribution in [2.24, 2.45) is 0 Å². The lowest BCUT2D eigenvalue weighted by atomic mass is 10.2. The van der Waals surface area contributed by atoms with Crippen molar-refractivity contribution in [1.82, 2.24) is 29.8 Å². The lowest BCUT2D eigenvalue weighted by Gasteiger charge is -2.09. The number of carbonyl (C=O) groups is 1. The molecule has 5 aromatic rings. The molecule has 0 aliphatic rings. The first kappa shape index (κ1) is 23.4. The summed E-state index contributed by atoms with van der Waals surface area (Å²) >= 11 is 0. The summed E-state index contributed by atoms with van der Waals surface area (Å²) in [6.45, 7) is 1.95. The van der Waals surface area contributed by atoms with Crippen LogP contribution in [0.3, 0.4) is 0 Å². The second kappa shape index (κ2) is 10.5. The lowest BCUT2D eigenvalue weighted by Crippen LogP contribution is -2.24. The van der Waals surface area contributed by atoms with E-state index in [1.54, 1.807) is 12.1 Å². The fourth-order valence-corrected chi connectivity index (χ4v) is 4.38. The van der Waals surface area contributed by atoms with Crippen LogP contribution >= 0.6 is 0 Å². The minimum Gasteiger partial charge on any atom is -0.494 e. The van der Waals surface area contributed by atoms with Crippen LogP contribution < -0.4 is 21.5 Å². The minimum absolute atomic E-state index is 0.0549. The Morgan fingerprint density at radius 3 is 2.83 bits per heavy atom. The van der Waals surface area contributed by atoms with E-state index in [1.807, 2.05) is 36.7 Å². The fraction of sp³-hybridized carbons (Fsp3) is 0.308. The summed E-state index contributed by atoms with van der Waals surface area (Å²) in [7, 11) is 0. The van der Waals surface area contributed by atoms with E-state index >= 15 is 0 Å². The first-order chi connectivity index (χ1) is 17.6. The van der Waals surface area contributed by atoms with Gasteiger partial charge in [-0.05, 0) is 43.9 Å². The highest BCUT2D eigenvalue weighted by molar-refractivity contribution is 6.06. The molecule has 0 spiro atoms. The van der Waals surface area contributed by atoms with E-state index in [1.165, 1.54) is 0 Å². The van der Waals surface area contributed by atoms with Crippen molar-refractivity contribution in [3.63, 3.8) is 0 Å². The van der Waals surface area contributed by atoms with E-state index in [0.717, 1.165) is 59.7 Å². The maximum Gasteiger partial charge on any atom is 0.323 e. The first-order valence-electron chi connectivity index (χ1n) is 12.2. The van der Waals surface area contributed by atoms with Gasteiger partial charge in [-0.25, -0.2) is 14.8 Å². The molecule has 0 saturated heterocycles. The number of amides is 1. The normalized spacial score (nSPS) is 11.4. The van der Waals surface area contributed by atoms with Gasteiger partial charge in [-0.1, -0.05) is 18.2 Å². The monoisotopic (exact) mass is 487 g/mol. The number of rotatable bonds is 11. The fourth-order valence-electron chi connectivity index (χ4n) is 4.38. The van der Waals surface area contributed by atoms with Crippen LogP contribution in [0.4, 0.5) is 5.82 Å². The Kier molecular flexibility index (Phi) is 6.83. The molecule has 0 radical (unpaired) electrons. The molecule has 0 unspecified atom stereocenters. The smallest absolute Gasteiger partial charge is 0.323 e. The molecule has 10 nitrogen and oxygen atoms in total.